The number of carbonyl (C=O) groups excluding carboxylic acids is 1. The van der Waals surface area contributed by atoms with E-state index in [2.05, 4.69) is 5.32 Å². The number of nitrogens with one attached hydrogen (secondary N) is 1. The Bertz CT molecular complexity index is 445. The Labute approximate surface area is 103 Å². The zero-order chi connectivity index (χ0) is 13.2. The third-order valence-electron chi connectivity index (χ3n) is 2.79. The van der Waals surface area contributed by atoms with E-state index in [1.165, 1.54) is 0 Å². The van der Waals surface area contributed by atoms with Gasteiger partial charge in [0.25, 0.3) is 0 Å². The predicted molar refractivity (Wildman–Crippen MR) is 62.6 cm³/mol. The van der Waals surface area contributed by atoms with Gasteiger partial charge in [0.05, 0.1) is 17.8 Å². The van der Waals surface area contributed by atoms with Crippen LogP contribution < -0.4 is 10.2 Å². The number of alkyl halides is 3. The maximum Gasteiger partial charge on any atom is 0.390 e. The Hall–Kier alpha value is -1.72. The molecule has 1 aromatic carbocycles. The molecule has 3 nitrogen and oxygen atoms in total. The fourth-order valence-corrected chi connectivity index (χ4v) is 1.92. The van der Waals surface area contributed by atoms with Crippen LogP contribution in [-0.2, 0) is 4.79 Å². The van der Waals surface area contributed by atoms with E-state index in [0.717, 1.165) is 0 Å². The second kappa shape index (κ2) is 4.88. The number of hydrogen-bond acceptors (Lipinski definition) is 2. The van der Waals surface area contributed by atoms with Gasteiger partial charge in [-0.1, -0.05) is 12.1 Å². The van der Waals surface area contributed by atoms with Crippen LogP contribution in [-0.4, -0.2) is 25.2 Å². The number of para-hydroxylation sites is 2. The van der Waals surface area contributed by atoms with Crippen molar-refractivity contribution in [3.8, 4) is 0 Å². The number of anilines is 2. The number of fused-ring (bicyclic) bond motifs is 1. The molecular formula is C12H13F3N2O. The maximum absolute atomic E-state index is 12.3. The van der Waals surface area contributed by atoms with Crippen LogP contribution in [0, 0.1) is 0 Å². The zero-order valence-corrected chi connectivity index (χ0v) is 9.63. The minimum absolute atomic E-state index is 0.129. The minimum atomic E-state index is -4.18. The van der Waals surface area contributed by atoms with E-state index in [1.54, 1.807) is 29.2 Å². The molecule has 0 aliphatic carbocycles. The van der Waals surface area contributed by atoms with Gasteiger partial charge in [-0.15, -0.1) is 0 Å². The van der Waals surface area contributed by atoms with Crippen molar-refractivity contribution in [2.24, 2.45) is 0 Å². The van der Waals surface area contributed by atoms with E-state index in [1.807, 2.05) is 0 Å². The molecule has 18 heavy (non-hydrogen) atoms. The number of carbonyl (C=O) groups is 1. The van der Waals surface area contributed by atoms with Gasteiger partial charge in [0, 0.05) is 19.5 Å². The topological polar surface area (TPSA) is 32.3 Å². The molecule has 0 aromatic heterocycles. The summed E-state index contributed by atoms with van der Waals surface area (Å²) in [6.45, 7) is 0.175. The second-order valence-corrected chi connectivity index (χ2v) is 4.17. The van der Waals surface area contributed by atoms with Gasteiger partial charge in [-0.05, 0) is 12.1 Å². The molecule has 0 radical (unpaired) electrons. The van der Waals surface area contributed by atoms with Gasteiger partial charge in [-0.3, -0.25) is 4.79 Å². The molecule has 98 valence electrons. The van der Waals surface area contributed by atoms with Gasteiger partial charge < -0.3 is 10.2 Å². The van der Waals surface area contributed by atoms with Crippen LogP contribution in [0.25, 0.3) is 0 Å². The Morgan fingerprint density at radius 3 is 2.72 bits per heavy atom. The first-order valence-electron chi connectivity index (χ1n) is 5.66. The molecule has 0 saturated carbocycles. The highest BCUT2D eigenvalue weighted by Gasteiger charge is 2.29. The molecule has 0 fully saturated rings. The summed E-state index contributed by atoms with van der Waals surface area (Å²) in [5.74, 6) is -0.169. The molecule has 1 aromatic rings. The molecule has 0 saturated heterocycles. The first kappa shape index (κ1) is 12.7. The van der Waals surface area contributed by atoms with E-state index in [0.29, 0.717) is 17.9 Å². The monoisotopic (exact) mass is 258 g/mol. The first-order chi connectivity index (χ1) is 8.46. The van der Waals surface area contributed by atoms with E-state index < -0.39 is 12.6 Å². The van der Waals surface area contributed by atoms with Crippen molar-refractivity contribution in [1.29, 1.82) is 0 Å². The molecule has 0 unspecified atom stereocenters. The van der Waals surface area contributed by atoms with Crippen molar-refractivity contribution in [3.05, 3.63) is 24.3 Å². The van der Waals surface area contributed by atoms with Gasteiger partial charge in [-0.2, -0.15) is 13.2 Å². The number of benzene rings is 1. The molecule has 1 heterocycles. The van der Waals surface area contributed by atoms with Crippen molar-refractivity contribution in [2.75, 3.05) is 23.3 Å². The Morgan fingerprint density at radius 2 is 2.00 bits per heavy atom. The Kier molecular flexibility index (Phi) is 3.45. The van der Waals surface area contributed by atoms with E-state index in [9.17, 15) is 18.0 Å². The highest BCUT2D eigenvalue weighted by molar-refractivity contribution is 5.96. The fourth-order valence-electron chi connectivity index (χ4n) is 1.92. The van der Waals surface area contributed by atoms with Crippen molar-refractivity contribution < 1.29 is 18.0 Å². The maximum atomic E-state index is 12.3. The lowest BCUT2D eigenvalue weighted by atomic mass is 10.2. The second-order valence-electron chi connectivity index (χ2n) is 4.17. The lowest BCUT2D eigenvalue weighted by Gasteiger charge is -2.24. The number of rotatable bonds is 2. The number of nitrogens with zero attached hydrogens (tertiary/aromatic N) is 1. The smallest absolute Gasteiger partial charge is 0.369 e. The minimum Gasteiger partial charge on any atom is -0.369 e. The summed E-state index contributed by atoms with van der Waals surface area (Å²) < 4.78 is 36.8. The van der Waals surface area contributed by atoms with Gasteiger partial charge in [0.15, 0.2) is 0 Å². The van der Waals surface area contributed by atoms with Crippen molar-refractivity contribution >= 4 is 17.3 Å². The summed E-state index contributed by atoms with van der Waals surface area (Å²) in [5.41, 5.74) is 1.22. The average Bonchev–Trinajstić information content (AvgIpc) is 2.44. The molecular weight excluding hydrogens is 245 g/mol. The van der Waals surface area contributed by atoms with Gasteiger partial charge in [0.1, 0.15) is 0 Å². The SMILES string of the molecule is O=C1CCN(CCC(F)(F)F)c2ccccc2N1. The average molecular weight is 258 g/mol. The van der Waals surface area contributed by atoms with Crippen LogP contribution in [0.3, 0.4) is 0 Å². The van der Waals surface area contributed by atoms with Gasteiger partial charge >= 0.3 is 6.18 Å². The van der Waals surface area contributed by atoms with Crippen molar-refractivity contribution in [2.45, 2.75) is 19.0 Å². The summed E-state index contributed by atoms with van der Waals surface area (Å²) in [6.07, 6.45) is -4.86. The lowest BCUT2D eigenvalue weighted by Crippen LogP contribution is -2.29. The molecule has 1 N–H and O–H groups in total. The largest absolute Gasteiger partial charge is 0.390 e. The molecule has 6 heteroatoms. The van der Waals surface area contributed by atoms with Crippen molar-refractivity contribution in [1.82, 2.24) is 0 Å². The van der Waals surface area contributed by atoms with Crippen LogP contribution >= 0.6 is 0 Å². The molecule has 1 amide bonds. The Balaban J connectivity index is 2.18. The predicted octanol–water partition coefficient (Wildman–Crippen LogP) is 2.79. The lowest BCUT2D eigenvalue weighted by molar-refractivity contribution is -0.132. The van der Waals surface area contributed by atoms with E-state index >= 15 is 0 Å². The summed E-state index contributed by atoms with van der Waals surface area (Å²) >= 11 is 0. The van der Waals surface area contributed by atoms with E-state index in [4.69, 9.17) is 0 Å². The highest BCUT2D eigenvalue weighted by atomic mass is 19.4. The third kappa shape index (κ3) is 3.15. The highest BCUT2D eigenvalue weighted by Crippen LogP contribution is 2.30. The molecule has 0 atom stereocenters. The van der Waals surface area contributed by atoms with Crippen LogP contribution in [0.5, 0.6) is 0 Å². The summed E-state index contributed by atoms with van der Waals surface area (Å²) in [4.78, 5) is 13.0. The molecule has 0 bridgehead atoms. The number of amides is 1. The Morgan fingerprint density at radius 1 is 1.28 bits per heavy atom. The van der Waals surface area contributed by atoms with Crippen LogP contribution in [0.4, 0.5) is 24.5 Å². The zero-order valence-electron chi connectivity index (χ0n) is 9.63. The molecule has 2 rings (SSSR count). The number of halogens is 3. The fraction of sp³-hybridized carbons (Fsp3) is 0.417. The van der Waals surface area contributed by atoms with E-state index in [-0.39, 0.29) is 18.9 Å². The van der Waals surface area contributed by atoms with Crippen LogP contribution in [0.1, 0.15) is 12.8 Å². The van der Waals surface area contributed by atoms with Gasteiger partial charge in [0.2, 0.25) is 5.91 Å². The molecule has 1 aliphatic rings. The van der Waals surface area contributed by atoms with Crippen molar-refractivity contribution in [3.63, 3.8) is 0 Å². The summed E-state index contributed by atoms with van der Waals surface area (Å²) in [7, 11) is 0. The quantitative estimate of drug-likeness (QED) is 0.884. The molecule has 1 aliphatic heterocycles. The summed E-state index contributed by atoms with van der Waals surface area (Å²) in [6, 6.07) is 6.90. The molecule has 0 spiro atoms. The summed E-state index contributed by atoms with van der Waals surface area (Å²) in [5, 5.41) is 2.69. The first-order valence-corrected chi connectivity index (χ1v) is 5.66. The van der Waals surface area contributed by atoms with Gasteiger partial charge in [-0.25, -0.2) is 0 Å². The van der Waals surface area contributed by atoms with Crippen LogP contribution in [0.2, 0.25) is 0 Å². The normalized spacial score (nSPS) is 15.9. The third-order valence-corrected chi connectivity index (χ3v) is 2.79. The number of hydrogen-bond donors (Lipinski definition) is 1. The standard InChI is InChI=1S/C12H13F3N2O/c13-12(14,15)6-8-17-7-5-11(18)16-9-3-1-2-4-10(9)17/h1-4H,5-8H2,(H,16,18). The van der Waals surface area contributed by atoms with Crippen LogP contribution in [0.15, 0.2) is 24.3 Å².